The van der Waals surface area contributed by atoms with Crippen LogP contribution in [0.5, 0.6) is 0 Å². The second-order valence-corrected chi connectivity index (χ2v) is 12.6. The van der Waals surface area contributed by atoms with Crippen LogP contribution < -0.4 is 10.9 Å². The molecule has 9 nitrogen and oxygen atoms in total. The number of oxime groups is 2. The normalized spacial score (nSPS) is 18.3. The number of rotatable bonds is 7. The highest BCUT2D eigenvalue weighted by Crippen LogP contribution is 2.25. The Labute approximate surface area is 277 Å². The highest BCUT2D eigenvalue weighted by atomic mass is 19.1. The van der Waals surface area contributed by atoms with Gasteiger partial charge in [0.1, 0.15) is 29.1 Å². The second-order valence-electron chi connectivity index (χ2n) is 12.6. The molecule has 4 heterocycles. The van der Waals surface area contributed by atoms with Crippen LogP contribution in [0.25, 0.3) is 0 Å². The molecule has 1 aromatic heterocycles. The number of hydrogen-bond acceptors (Lipinski definition) is 8. The van der Waals surface area contributed by atoms with E-state index in [0.29, 0.717) is 25.0 Å². The van der Waals surface area contributed by atoms with Crippen molar-refractivity contribution in [2.24, 2.45) is 22.1 Å². The van der Waals surface area contributed by atoms with Gasteiger partial charge < -0.3 is 20.6 Å². The molecule has 0 spiro atoms. The van der Waals surface area contributed by atoms with Gasteiger partial charge in [-0.1, -0.05) is 10.3 Å². The molecule has 0 radical (unpaired) electrons. The van der Waals surface area contributed by atoms with E-state index in [1.54, 1.807) is 0 Å². The molecule has 6 rings (SSSR count). The molecule has 258 valence electrons. The molecular weight excluding hydrogens is 628 g/mol. The van der Waals surface area contributed by atoms with Crippen molar-refractivity contribution in [3.05, 3.63) is 98.2 Å². The van der Waals surface area contributed by atoms with Crippen molar-refractivity contribution >= 4 is 11.4 Å². The molecule has 2 saturated heterocycles. The molecule has 0 bridgehead atoms. The zero-order chi connectivity index (χ0) is 34.2. The fraction of sp³-hybridized carbons (Fsp3) is 0.486. The summed E-state index contributed by atoms with van der Waals surface area (Å²) in [5.41, 5.74) is 2.62. The summed E-state index contributed by atoms with van der Waals surface area (Å²) in [7, 11) is 0. The van der Waals surface area contributed by atoms with E-state index in [2.05, 4.69) is 25.5 Å². The van der Waals surface area contributed by atoms with Crippen molar-refractivity contribution in [2.75, 3.05) is 32.7 Å². The van der Waals surface area contributed by atoms with E-state index in [4.69, 9.17) is 5.21 Å². The Morgan fingerprint density at radius 3 is 1.96 bits per heavy atom. The SMILES string of the molecule is Cc1nc2n(c(=O)c1CCN1CCC(C(=NO)c3ccc(F)cc3F)CC1)CCCC2.ON=C(c1ccc(F)cc1F)C1CCNCC1. The summed E-state index contributed by atoms with van der Waals surface area (Å²) in [5.74, 6) is -1.87. The maximum atomic E-state index is 14.1. The van der Waals surface area contributed by atoms with Gasteiger partial charge in [0.15, 0.2) is 0 Å². The number of halogens is 4. The fourth-order valence-corrected chi connectivity index (χ4v) is 6.92. The van der Waals surface area contributed by atoms with Gasteiger partial charge in [0, 0.05) is 65.9 Å². The minimum Gasteiger partial charge on any atom is -0.411 e. The summed E-state index contributed by atoms with van der Waals surface area (Å²) in [6.07, 6.45) is 6.61. The van der Waals surface area contributed by atoms with Crippen molar-refractivity contribution < 1.29 is 28.0 Å². The van der Waals surface area contributed by atoms with Gasteiger partial charge in [-0.05, 0) is 102 Å². The third-order valence-corrected chi connectivity index (χ3v) is 9.59. The maximum absolute atomic E-state index is 14.1. The van der Waals surface area contributed by atoms with E-state index in [9.17, 15) is 27.6 Å². The molecular formula is C35H42F4N6O3. The number of aromatic nitrogens is 2. The Kier molecular flexibility index (Phi) is 12.0. The van der Waals surface area contributed by atoms with Crippen molar-refractivity contribution in [2.45, 2.75) is 64.8 Å². The molecule has 3 aliphatic rings. The molecule has 0 atom stereocenters. The second kappa shape index (κ2) is 16.3. The molecule has 2 aromatic carbocycles. The molecule has 0 saturated carbocycles. The number of hydrogen-bond donors (Lipinski definition) is 3. The first-order valence-electron chi connectivity index (χ1n) is 16.6. The zero-order valence-electron chi connectivity index (χ0n) is 27.1. The van der Waals surface area contributed by atoms with Crippen molar-refractivity contribution in [3.63, 3.8) is 0 Å². The van der Waals surface area contributed by atoms with Crippen LogP contribution in [0.2, 0.25) is 0 Å². The molecule has 3 N–H and O–H groups in total. The highest BCUT2D eigenvalue weighted by molar-refractivity contribution is 6.02. The van der Waals surface area contributed by atoms with Crippen molar-refractivity contribution in [3.8, 4) is 0 Å². The molecule has 0 unspecified atom stereocenters. The van der Waals surface area contributed by atoms with Crippen LogP contribution in [0, 0.1) is 42.0 Å². The highest BCUT2D eigenvalue weighted by Gasteiger charge is 2.27. The van der Waals surface area contributed by atoms with Crippen molar-refractivity contribution in [1.29, 1.82) is 0 Å². The van der Waals surface area contributed by atoms with Crippen LogP contribution in [0.3, 0.4) is 0 Å². The van der Waals surface area contributed by atoms with Crippen LogP contribution in [0.15, 0.2) is 51.5 Å². The van der Waals surface area contributed by atoms with Gasteiger partial charge in [-0.25, -0.2) is 22.5 Å². The Morgan fingerprint density at radius 1 is 0.854 bits per heavy atom. The van der Waals surface area contributed by atoms with Crippen LogP contribution in [-0.4, -0.2) is 69.0 Å². The quantitative estimate of drug-likeness (QED) is 0.134. The Balaban J connectivity index is 0.000000224. The lowest BCUT2D eigenvalue weighted by Crippen LogP contribution is -2.39. The molecule has 3 aliphatic heterocycles. The number of nitrogens with zero attached hydrogens (tertiary/aromatic N) is 5. The molecule has 48 heavy (non-hydrogen) atoms. The summed E-state index contributed by atoms with van der Waals surface area (Å²) in [4.78, 5) is 19.8. The Morgan fingerprint density at radius 2 is 1.42 bits per heavy atom. The molecule has 3 aromatic rings. The van der Waals surface area contributed by atoms with Crippen LogP contribution in [0.4, 0.5) is 17.6 Å². The third-order valence-electron chi connectivity index (χ3n) is 9.59. The van der Waals surface area contributed by atoms with E-state index in [1.807, 2.05) is 11.5 Å². The average molecular weight is 671 g/mol. The summed E-state index contributed by atoms with van der Waals surface area (Å²) in [6.45, 7) is 6.55. The fourth-order valence-electron chi connectivity index (χ4n) is 6.92. The van der Waals surface area contributed by atoms with E-state index in [-0.39, 0.29) is 34.2 Å². The average Bonchev–Trinajstić information content (AvgIpc) is 3.08. The first-order valence-corrected chi connectivity index (χ1v) is 16.6. The Bertz CT molecular complexity index is 1700. The maximum Gasteiger partial charge on any atom is 0.256 e. The standard InChI is InChI=1S/C23H28F2N4O2.C12H14F2N2O/c1-15-18(23(30)29-10-3-2-4-21(29)26-15)9-13-28-11-7-16(8-12-28)22(27-31)19-6-5-17(24)14-20(19)25;13-9-1-2-10(11(14)7-9)12(16-17)8-3-5-15-6-4-8/h5-6,14,16,31H,2-4,7-13H2,1H3;1-2,7-8,15,17H,3-6H2. The lowest BCUT2D eigenvalue weighted by Gasteiger charge is -2.32. The van der Waals surface area contributed by atoms with Crippen LogP contribution in [0.1, 0.15) is 66.7 Å². The Hall–Kier alpha value is -4.10. The lowest BCUT2D eigenvalue weighted by molar-refractivity contribution is 0.208. The molecule has 2 fully saturated rings. The first-order chi connectivity index (χ1) is 23.2. The molecule has 0 aliphatic carbocycles. The number of aryl methyl sites for hydroxylation is 2. The van der Waals surface area contributed by atoms with E-state index < -0.39 is 23.3 Å². The van der Waals surface area contributed by atoms with Gasteiger partial charge in [-0.15, -0.1) is 0 Å². The first kappa shape index (κ1) is 35.2. The third kappa shape index (κ3) is 8.30. The van der Waals surface area contributed by atoms with Gasteiger partial charge >= 0.3 is 0 Å². The van der Waals surface area contributed by atoms with E-state index in [1.165, 1.54) is 24.3 Å². The molecule has 13 heteroatoms. The van der Waals surface area contributed by atoms with Gasteiger partial charge in [0.25, 0.3) is 5.56 Å². The zero-order valence-corrected chi connectivity index (χ0v) is 27.1. The topological polar surface area (TPSA) is 115 Å². The summed E-state index contributed by atoms with van der Waals surface area (Å²) >= 11 is 0. The van der Waals surface area contributed by atoms with E-state index in [0.717, 1.165) is 101 Å². The van der Waals surface area contributed by atoms with Crippen LogP contribution >= 0.6 is 0 Å². The largest absolute Gasteiger partial charge is 0.411 e. The summed E-state index contributed by atoms with van der Waals surface area (Å²) in [5, 5.41) is 28.2. The van der Waals surface area contributed by atoms with Gasteiger partial charge in [0.2, 0.25) is 0 Å². The minimum absolute atomic E-state index is 0.0150. The lowest BCUT2D eigenvalue weighted by atomic mass is 9.88. The smallest absolute Gasteiger partial charge is 0.256 e. The minimum atomic E-state index is -0.717. The summed E-state index contributed by atoms with van der Waals surface area (Å²) in [6, 6.07) is 6.61. The summed E-state index contributed by atoms with van der Waals surface area (Å²) < 4.78 is 55.6. The number of piperidine rings is 2. The predicted octanol–water partition coefficient (Wildman–Crippen LogP) is 5.44. The monoisotopic (exact) mass is 670 g/mol. The number of fused-ring (bicyclic) bond motifs is 1. The molecule has 0 amide bonds. The predicted molar refractivity (Wildman–Crippen MR) is 174 cm³/mol. The number of benzene rings is 2. The van der Waals surface area contributed by atoms with Gasteiger partial charge in [-0.2, -0.15) is 0 Å². The number of nitrogens with one attached hydrogen (secondary N) is 1. The van der Waals surface area contributed by atoms with Gasteiger partial charge in [0.05, 0.1) is 11.4 Å². The van der Waals surface area contributed by atoms with Crippen LogP contribution in [-0.2, 0) is 19.4 Å². The number of likely N-dealkylation sites (tertiary alicyclic amines) is 1. The van der Waals surface area contributed by atoms with E-state index >= 15 is 0 Å². The van der Waals surface area contributed by atoms with Crippen molar-refractivity contribution in [1.82, 2.24) is 19.8 Å². The van der Waals surface area contributed by atoms with Gasteiger partial charge in [-0.3, -0.25) is 9.36 Å².